The molecule has 0 aliphatic rings. The predicted octanol–water partition coefficient (Wildman–Crippen LogP) is 3.00. The van der Waals surface area contributed by atoms with Crippen molar-refractivity contribution in [2.24, 2.45) is 0 Å². The highest BCUT2D eigenvalue weighted by Gasteiger charge is 2.15. The van der Waals surface area contributed by atoms with Crippen molar-refractivity contribution < 1.29 is 9.53 Å². The van der Waals surface area contributed by atoms with Crippen molar-refractivity contribution in [2.75, 3.05) is 7.11 Å². The first-order chi connectivity index (χ1) is 6.49. The minimum absolute atomic E-state index is 0.432. The molecule has 0 spiro atoms. The summed E-state index contributed by atoms with van der Waals surface area (Å²) in [4.78, 5) is 11.2. The van der Waals surface area contributed by atoms with E-state index in [-0.39, 0.29) is 0 Å². The second-order valence-electron chi connectivity index (χ2n) is 3.32. The highest BCUT2D eigenvalue weighted by molar-refractivity contribution is 6.68. The number of aryl methyl sites for hydroxylation is 2. The molecule has 14 heavy (non-hydrogen) atoms. The number of rotatable bonds is 2. The van der Waals surface area contributed by atoms with Gasteiger partial charge in [-0.3, -0.25) is 4.79 Å². The van der Waals surface area contributed by atoms with Crippen molar-refractivity contribution in [1.82, 2.24) is 0 Å². The van der Waals surface area contributed by atoms with Crippen LogP contribution in [0.4, 0.5) is 0 Å². The summed E-state index contributed by atoms with van der Waals surface area (Å²) in [5, 5.41) is -0.432. The molecule has 3 heteroatoms. The smallest absolute Gasteiger partial charge is 0.253 e. The second kappa shape index (κ2) is 4.01. The average Bonchev–Trinajstić information content (AvgIpc) is 2.02. The fraction of sp³-hybridized carbons (Fsp3) is 0.364. The third kappa shape index (κ3) is 1.75. The Morgan fingerprint density at radius 3 is 2.29 bits per heavy atom. The molecule has 0 saturated carbocycles. The van der Waals surface area contributed by atoms with Crippen LogP contribution in [0.1, 0.15) is 27.0 Å². The van der Waals surface area contributed by atoms with Gasteiger partial charge in [0.25, 0.3) is 5.24 Å². The molecule has 0 saturated heterocycles. The molecule has 0 aliphatic carbocycles. The van der Waals surface area contributed by atoms with Crippen LogP contribution in [0.5, 0.6) is 5.75 Å². The van der Waals surface area contributed by atoms with Crippen molar-refractivity contribution in [3.63, 3.8) is 0 Å². The Labute approximate surface area is 88.8 Å². The first-order valence-corrected chi connectivity index (χ1v) is 4.71. The van der Waals surface area contributed by atoms with E-state index in [0.29, 0.717) is 5.56 Å². The van der Waals surface area contributed by atoms with Crippen LogP contribution in [-0.4, -0.2) is 12.4 Å². The standard InChI is InChI=1S/C11H13ClO2/c1-6-5-7(2)10(14-4)8(3)9(6)11(12)13/h5H,1-4H3. The number of ether oxygens (including phenoxy) is 1. The van der Waals surface area contributed by atoms with Gasteiger partial charge in [-0.15, -0.1) is 0 Å². The molecule has 76 valence electrons. The summed E-state index contributed by atoms with van der Waals surface area (Å²) in [6.07, 6.45) is 0. The molecule has 0 aromatic heterocycles. The van der Waals surface area contributed by atoms with E-state index in [1.807, 2.05) is 26.8 Å². The lowest BCUT2D eigenvalue weighted by Gasteiger charge is -2.13. The van der Waals surface area contributed by atoms with Gasteiger partial charge in [-0.05, 0) is 43.5 Å². The topological polar surface area (TPSA) is 26.3 Å². The van der Waals surface area contributed by atoms with Crippen LogP contribution in [0.25, 0.3) is 0 Å². The van der Waals surface area contributed by atoms with Gasteiger partial charge in [-0.2, -0.15) is 0 Å². The zero-order valence-electron chi connectivity index (χ0n) is 8.77. The first-order valence-electron chi connectivity index (χ1n) is 4.33. The van der Waals surface area contributed by atoms with E-state index in [0.717, 1.165) is 22.4 Å². The Morgan fingerprint density at radius 1 is 1.29 bits per heavy atom. The summed E-state index contributed by atoms with van der Waals surface area (Å²) in [5.41, 5.74) is 3.27. The van der Waals surface area contributed by atoms with Gasteiger partial charge in [-0.25, -0.2) is 0 Å². The lowest BCUT2D eigenvalue weighted by Crippen LogP contribution is -2.02. The zero-order chi connectivity index (χ0) is 10.9. The van der Waals surface area contributed by atoms with Gasteiger partial charge in [0.2, 0.25) is 0 Å². The third-order valence-electron chi connectivity index (χ3n) is 2.30. The fourth-order valence-electron chi connectivity index (χ4n) is 1.78. The molecule has 1 aromatic rings. The van der Waals surface area contributed by atoms with Crippen molar-refractivity contribution in [1.29, 1.82) is 0 Å². The molecule has 0 heterocycles. The molecule has 1 aromatic carbocycles. The highest BCUT2D eigenvalue weighted by atomic mass is 35.5. The first kappa shape index (κ1) is 11.1. The van der Waals surface area contributed by atoms with Crippen molar-refractivity contribution in [3.05, 3.63) is 28.3 Å². The number of carbonyl (C=O) groups excluding carboxylic acids is 1. The van der Waals surface area contributed by atoms with E-state index in [1.165, 1.54) is 0 Å². The molecule has 0 amide bonds. The summed E-state index contributed by atoms with van der Waals surface area (Å²) in [6.45, 7) is 5.66. The monoisotopic (exact) mass is 212 g/mol. The molecule has 0 aliphatic heterocycles. The van der Waals surface area contributed by atoms with E-state index in [9.17, 15) is 4.79 Å². The van der Waals surface area contributed by atoms with Gasteiger partial charge in [0.1, 0.15) is 5.75 Å². The fourth-order valence-corrected chi connectivity index (χ4v) is 2.07. The second-order valence-corrected chi connectivity index (χ2v) is 3.66. The molecule has 1 rings (SSSR count). The summed E-state index contributed by atoms with van der Waals surface area (Å²) < 4.78 is 5.21. The zero-order valence-corrected chi connectivity index (χ0v) is 9.53. The van der Waals surface area contributed by atoms with Crippen LogP contribution in [0.2, 0.25) is 0 Å². The molecule has 0 atom stereocenters. The minimum atomic E-state index is -0.432. The van der Waals surface area contributed by atoms with Crippen LogP contribution in [0, 0.1) is 20.8 Å². The van der Waals surface area contributed by atoms with E-state index in [2.05, 4.69) is 0 Å². The van der Waals surface area contributed by atoms with Crippen molar-refractivity contribution >= 4 is 16.8 Å². The largest absolute Gasteiger partial charge is 0.496 e. The van der Waals surface area contributed by atoms with Crippen LogP contribution < -0.4 is 4.74 Å². The van der Waals surface area contributed by atoms with E-state index >= 15 is 0 Å². The van der Waals surface area contributed by atoms with Crippen molar-refractivity contribution in [3.8, 4) is 5.75 Å². The van der Waals surface area contributed by atoms with E-state index in [4.69, 9.17) is 16.3 Å². The quantitative estimate of drug-likeness (QED) is 0.705. The number of benzene rings is 1. The molecule has 2 nitrogen and oxygen atoms in total. The summed E-state index contributed by atoms with van der Waals surface area (Å²) in [6, 6.07) is 1.90. The molecule has 0 bridgehead atoms. The molecular formula is C11H13ClO2. The lowest BCUT2D eigenvalue weighted by molar-refractivity contribution is 0.108. The SMILES string of the molecule is COc1c(C)cc(C)c(C(=O)Cl)c1C. The Morgan fingerprint density at radius 2 is 1.86 bits per heavy atom. The molecule has 0 radical (unpaired) electrons. The molecule has 0 unspecified atom stereocenters. The van der Waals surface area contributed by atoms with Gasteiger partial charge in [0, 0.05) is 11.1 Å². The highest BCUT2D eigenvalue weighted by Crippen LogP contribution is 2.29. The number of halogens is 1. The van der Waals surface area contributed by atoms with Crippen molar-refractivity contribution in [2.45, 2.75) is 20.8 Å². The Kier molecular flexibility index (Phi) is 3.17. The molecular weight excluding hydrogens is 200 g/mol. The summed E-state index contributed by atoms with van der Waals surface area (Å²) in [7, 11) is 1.59. The van der Waals surface area contributed by atoms with Crippen LogP contribution in [-0.2, 0) is 0 Å². The van der Waals surface area contributed by atoms with Crippen LogP contribution in [0.15, 0.2) is 6.07 Å². The number of methoxy groups -OCH3 is 1. The van der Waals surface area contributed by atoms with E-state index in [1.54, 1.807) is 7.11 Å². The summed E-state index contributed by atoms with van der Waals surface area (Å²) >= 11 is 5.50. The minimum Gasteiger partial charge on any atom is -0.496 e. The predicted molar refractivity (Wildman–Crippen MR) is 57.4 cm³/mol. The van der Waals surface area contributed by atoms with E-state index < -0.39 is 5.24 Å². The summed E-state index contributed by atoms with van der Waals surface area (Å²) in [5.74, 6) is 0.736. The Bertz CT molecular complexity index is 383. The lowest BCUT2D eigenvalue weighted by atomic mass is 9.99. The maximum atomic E-state index is 11.2. The number of carbonyl (C=O) groups is 1. The van der Waals surface area contributed by atoms with Gasteiger partial charge in [0.15, 0.2) is 0 Å². The maximum Gasteiger partial charge on any atom is 0.253 e. The molecule has 0 fully saturated rings. The number of hydrogen-bond donors (Lipinski definition) is 0. The van der Waals surface area contributed by atoms with Gasteiger partial charge in [-0.1, -0.05) is 6.07 Å². The number of hydrogen-bond acceptors (Lipinski definition) is 2. The Hall–Kier alpha value is -1.02. The maximum absolute atomic E-state index is 11.2. The van der Waals surface area contributed by atoms with Gasteiger partial charge in [0.05, 0.1) is 7.11 Å². The van der Waals surface area contributed by atoms with Gasteiger partial charge < -0.3 is 4.74 Å². The normalized spacial score (nSPS) is 10.1. The average molecular weight is 213 g/mol. The molecule has 0 N–H and O–H groups in total. The third-order valence-corrected chi connectivity index (χ3v) is 2.49. The Balaban J connectivity index is 3.52. The van der Waals surface area contributed by atoms with Crippen LogP contribution in [0.3, 0.4) is 0 Å². The van der Waals surface area contributed by atoms with Gasteiger partial charge >= 0.3 is 0 Å². The van der Waals surface area contributed by atoms with Crippen LogP contribution >= 0.6 is 11.6 Å².